The van der Waals surface area contributed by atoms with E-state index >= 15 is 0 Å². The first kappa shape index (κ1) is 15.9. The maximum Gasteiger partial charge on any atom is 0.401 e. The van der Waals surface area contributed by atoms with Crippen LogP contribution in [0.25, 0.3) is 0 Å². The molecule has 21 heavy (non-hydrogen) atoms. The number of halogens is 3. The fraction of sp³-hybridized carbons (Fsp3) is 0.571. The quantitative estimate of drug-likeness (QED) is 0.789. The lowest BCUT2D eigenvalue weighted by molar-refractivity contribution is -0.148. The molecule has 0 aromatic carbocycles. The Balaban J connectivity index is 1.95. The summed E-state index contributed by atoms with van der Waals surface area (Å²) in [5.74, 6) is 0. The number of piperazine rings is 1. The van der Waals surface area contributed by atoms with E-state index in [-0.39, 0.29) is 0 Å². The number of allylic oxidation sites excluding steroid dienone is 2. The highest BCUT2D eigenvalue weighted by molar-refractivity contribution is 5.31. The summed E-state index contributed by atoms with van der Waals surface area (Å²) < 4.78 is 37.1. The lowest BCUT2D eigenvalue weighted by atomic mass is 10.2. The molecule has 2 heterocycles. The van der Waals surface area contributed by atoms with Crippen molar-refractivity contribution in [2.75, 3.05) is 46.8 Å². The molecule has 0 N–H and O–H groups in total. The number of rotatable bonds is 3. The zero-order chi connectivity index (χ0) is 15.6. The maximum atomic E-state index is 12.4. The van der Waals surface area contributed by atoms with Crippen LogP contribution in [0.3, 0.4) is 0 Å². The zero-order valence-corrected chi connectivity index (χ0v) is 12.4. The average molecular weight is 302 g/mol. The summed E-state index contributed by atoms with van der Waals surface area (Å²) in [5, 5.41) is 3.82. The third-order valence-corrected chi connectivity index (χ3v) is 3.57. The van der Waals surface area contributed by atoms with Gasteiger partial charge in [-0.05, 0) is 12.2 Å². The van der Waals surface area contributed by atoms with Crippen molar-refractivity contribution in [3.63, 3.8) is 0 Å². The van der Waals surface area contributed by atoms with Gasteiger partial charge >= 0.3 is 6.18 Å². The third kappa shape index (κ3) is 4.25. The van der Waals surface area contributed by atoms with Crippen LogP contribution in [0.5, 0.6) is 0 Å². The molecule has 1 fully saturated rings. The van der Waals surface area contributed by atoms with E-state index in [4.69, 9.17) is 0 Å². The predicted molar refractivity (Wildman–Crippen MR) is 76.0 cm³/mol. The van der Waals surface area contributed by atoms with Crippen LogP contribution in [-0.4, -0.2) is 72.8 Å². The SMILES string of the molecule is C=C1C=CC(N2CCN(CC(F)(F)F)CC2)=CN1N(C)C. The van der Waals surface area contributed by atoms with Crippen molar-refractivity contribution in [3.8, 4) is 0 Å². The van der Waals surface area contributed by atoms with E-state index in [2.05, 4.69) is 11.5 Å². The molecule has 0 aromatic heterocycles. The topological polar surface area (TPSA) is 13.0 Å². The Hall–Kier alpha value is -1.47. The summed E-state index contributed by atoms with van der Waals surface area (Å²) in [6.45, 7) is 5.17. The fourth-order valence-corrected chi connectivity index (χ4v) is 2.49. The van der Waals surface area contributed by atoms with Gasteiger partial charge in [-0.25, -0.2) is 5.01 Å². The van der Waals surface area contributed by atoms with Crippen LogP contribution >= 0.6 is 0 Å². The highest BCUT2D eigenvalue weighted by Crippen LogP contribution is 2.22. The molecular formula is C14H21F3N4. The summed E-state index contributed by atoms with van der Waals surface area (Å²) in [6.07, 6.45) is 1.71. The molecule has 0 saturated carbocycles. The minimum Gasteiger partial charge on any atom is -0.368 e. The molecule has 0 amide bonds. The molecule has 0 unspecified atom stereocenters. The van der Waals surface area contributed by atoms with E-state index in [9.17, 15) is 13.2 Å². The highest BCUT2D eigenvalue weighted by Gasteiger charge is 2.32. The molecule has 1 saturated heterocycles. The predicted octanol–water partition coefficient (Wildman–Crippen LogP) is 1.87. The lowest BCUT2D eigenvalue weighted by Gasteiger charge is -2.39. The van der Waals surface area contributed by atoms with Crippen molar-refractivity contribution < 1.29 is 13.2 Å². The Kier molecular flexibility index (Phi) is 4.63. The van der Waals surface area contributed by atoms with Crippen molar-refractivity contribution >= 4 is 0 Å². The Morgan fingerprint density at radius 3 is 2.29 bits per heavy atom. The standard InChI is InChI=1S/C14H21F3N4/c1-12-4-5-13(10-21(12)18(2)3)20-8-6-19(7-9-20)11-14(15,16)17/h4-5,10H,1,6-9,11H2,2-3H3. The van der Waals surface area contributed by atoms with Gasteiger partial charge < -0.3 is 4.90 Å². The molecule has 0 bridgehead atoms. The number of hydrazine groups is 1. The molecule has 0 radical (unpaired) electrons. The second kappa shape index (κ2) is 6.11. The average Bonchev–Trinajstić information content (AvgIpc) is 2.38. The van der Waals surface area contributed by atoms with E-state index in [1.54, 1.807) is 0 Å². The largest absolute Gasteiger partial charge is 0.401 e. The minimum atomic E-state index is -4.12. The Labute approximate surface area is 123 Å². The Morgan fingerprint density at radius 2 is 1.76 bits per heavy atom. The number of alkyl halides is 3. The van der Waals surface area contributed by atoms with Gasteiger partial charge in [0.1, 0.15) is 0 Å². The molecule has 7 heteroatoms. The van der Waals surface area contributed by atoms with Crippen LogP contribution in [0, 0.1) is 0 Å². The second-order valence-corrected chi connectivity index (χ2v) is 5.45. The lowest BCUT2D eigenvalue weighted by Crippen LogP contribution is -2.49. The van der Waals surface area contributed by atoms with Crippen LogP contribution in [0.15, 0.2) is 36.3 Å². The van der Waals surface area contributed by atoms with Gasteiger partial charge in [0.25, 0.3) is 0 Å². The molecule has 2 aliphatic heterocycles. The van der Waals surface area contributed by atoms with Crippen molar-refractivity contribution in [2.24, 2.45) is 0 Å². The van der Waals surface area contributed by atoms with Crippen molar-refractivity contribution in [2.45, 2.75) is 6.18 Å². The summed E-state index contributed by atoms with van der Waals surface area (Å²) in [4.78, 5) is 3.55. The van der Waals surface area contributed by atoms with Gasteiger partial charge in [0.05, 0.1) is 17.9 Å². The fourth-order valence-electron chi connectivity index (χ4n) is 2.49. The van der Waals surface area contributed by atoms with Crippen LogP contribution < -0.4 is 0 Å². The van der Waals surface area contributed by atoms with Gasteiger partial charge in [-0.3, -0.25) is 9.91 Å². The zero-order valence-electron chi connectivity index (χ0n) is 12.4. The summed E-state index contributed by atoms with van der Waals surface area (Å²) >= 11 is 0. The van der Waals surface area contributed by atoms with Gasteiger partial charge in [-0.15, -0.1) is 0 Å². The number of nitrogens with zero attached hydrogens (tertiary/aromatic N) is 4. The van der Waals surface area contributed by atoms with E-state index < -0.39 is 12.7 Å². The molecule has 2 aliphatic rings. The Bertz CT molecular complexity index is 446. The van der Waals surface area contributed by atoms with Crippen molar-refractivity contribution in [3.05, 3.63) is 36.3 Å². The molecule has 4 nitrogen and oxygen atoms in total. The number of hydrogen-bond acceptors (Lipinski definition) is 4. The first-order valence-corrected chi connectivity index (χ1v) is 6.85. The van der Waals surface area contributed by atoms with Crippen LogP contribution in [0.2, 0.25) is 0 Å². The minimum absolute atomic E-state index is 0.424. The van der Waals surface area contributed by atoms with E-state index in [0.717, 1.165) is 11.4 Å². The van der Waals surface area contributed by atoms with E-state index in [1.807, 2.05) is 42.5 Å². The first-order valence-electron chi connectivity index (χ1n) is 6.85. The van der Waals surface area contributed by atoms with Gasteiger partial charge in [0, 0.05) is 46.5 Å². The van der Waals surface area contributed by atoms with E-state index in [1.165, 1.54) is 4.90 Å². The third-order valence-electron chi connectivity index (χ3n) is 3.57. The molecule has 0 spiro atoms. The normalized spacial score (nSPS) is 21.2. The maximum absolute atomic E-state index is 12.4. The first-order chi connectivity index (χ1) is 9.76. The van der Waals surface area contributed by atoms with Crippen LogP contribution in [0.1, 0.15) is 0 Å². The molecule has 118 valence electrons. The molecule has 0 aliphatic carbocycles. The molecular weight excluding hydrogens is 281 g/mol. The van der Waals surface area contributed by atoms with Crippen LogP contribution in [0.4, 0.5) is 13.2 Å². The molecule has 0 atom stereocenters. The highest BCUT2D eigenvalue weighted by atomic mass is 19.4. The second-order valence-electron chi connectivity index (χ2n) is 5.45. The number of hydrogen-bond donors (Lipinski definition) is 0. The monoisotopic (exact) mass is 302 g/mol. The molecule has 0 aromatic rings. The summed E-state index contributed by atoms with van der Waals surface area (Å²) in [6, 6.07) is 0. The van der Waals surface area contributed by atoms with Crippen LogP contribution in [-0.2, 0) is 0 Å². The van der Waals surface area contributed by atoms with E-state index in [0.29, 0.717) is 26.2 Å². The smallest absolute Gasteiger partial charge is 0.368 e. The summed E-state index contributed by atoms with van der Waals surface area (Å²) in [7, 11) is 3.83. The molecule has 2 rings (SSSR count). The Morgan fingerprint density at radius 1 is 1.14 bits per heavy atom. The summed E-state index contributed by atoms with van der Waals surface area (Å²) in [5.41, 5.74) is 1.86. The van der Waals surface area contributed by atoms with Gasteiger partial charge in [-0.2, -0.15) is 13.2 Å². The van der Waals surface area contributed by atoms with Crippen molar-refractivity contribution in [1.82, 2.24) is 19.8 Å². The van der Waals surface area contributed by atoms with Crippen molar-refractivity contribution in [1.29, 1.82) is 0 Å². The van der Waals surface area contributed by atoms with Gasteiger partial charge in [0.15, 0.2) is 0 Å². The van der Waals surface area contributed by atoms with Gasteiger partial charge in [0.2, 0.25) is 0 Å². The van der Waals surface area contributed by atoms with Gasteiger partial charge in [-0.1, -0.05) is 6.58 Å².